The minimum Gasteiger partial charge on any atom is -0.411 e. The largest absolute Gasteiger partial charge is 0.488 e. The third-order valence-electron chi connectivity index (χ3n) is 1.67. The number of nitrogens with one attached hydrogen (secondary N) is 1. The van der Waals surface area contributed by atoms with Crippen molar-refractivity contribution in [3.05, 3.63) is 0 Å². The van der Waals surface area contributed by atoms with Crippen LogP contribution in [0.25, 0.3) is 0 Å². The third-order valence-corrected chi connectivity index (χ3v) is 1.67. The maximum absolute atomic E-state index is 11.2. The summed E-state index contributed by atoms with van der Waals surface area (Å²) in [5, 5.41) is 11.1. The maximum Gasteiger partial charge on any atom is 0.488 e. The van der Waals surface area contributed by atoms with Crippen molar-refractivity contribution < 1.29 is 14.1 Å². The summed E-state index contributed by atoms with van der Waals surface area (Å²) in [6, 6.07) is 1.89. The van der Waals surface area contributed by atoms with Crippen LogP contribution in [0.1, 0.15) is 0 Å². The summed E-state index contributed by atoms with van der Waals surface area (Å²) in [6.45, 7) is 0.0896. The molecule has 63 valence electrons. The van der Waals surface area contributed by atoms with Crippen LogP contribution in [0.3, 0.4) is 0 Å². The lowest BCUT2D eigenvalue weighted by atomic mass is 9.89. The molecule has 1 N–H and O–H groups in total. The molecule has 1 aliphatic heterocycles. The summed E-state index contributed by atoms with van der Waals surface area (Å²) in [5.41, 5.74) is -1.19. The molecule has 0 bridgehead atoms. The van der Waals surface area contributed by atoms with E-state index in [1.807, 2.05) is 6.07 Å². The molecule has 1 heterocycles. The third kappa shape index (κ3) is 1.42. The number of nitrogens with zero attached hydrogens (tertiary/aromatic N) is 1. The van der Waals surface area contributed by atoms with E-state index >= 15 is 0 Å². The summed E-state index contributed by atoms with van der Waals surface area (Å²) < 4.78 is 9.54. The normalized spacial score (nSPS) is 20.3. The fourth-order valence-corrected chi connectivity index (χ4v) is 0.928. The Morgan fingerprint density at radius 2 is 2.25 bits per heavy atom. The van der Waals surface area contributed by atoms with Crippen LogP contribution in [0.2, 0.25) is 0 Å². The number of carbonyl (C=O) groups excluding carboxylic acids is 1. The summed E-state index contributed by atoms with van der Waals surface area (Å²) in [5.74, 6) is -0.377. The van der Waals surface area contributed by atoms with E-state index in [0.29, 0.717) is 0 Å². The predicted molar refractivity (Wildman–Crippen MR) is 39.8 cm³/mol. The van der Waals surface area contributed by atoms with Gasteiger partial charge in [0.2, 0.25) is 5.91 Å². The zero-order valence-electron chi connectivity index (χ0n) is 6.66. The first-order valence-electron chi connectivity index (χ1n) is 3.43. The number of carbonyl (C=O) groups is 1. The highest BCUT2D eigenvalue weighted by molar-refractivity contribution is 6.18. The summed E-state index contributed by atoms with van der Waals surface area (Å²) in [7, 11) is 2.61. The van der Waals surface area contributed by atoms with Gasteiger partial charge >= 0.3 is 7.69 Å². The van der Waals surface area contributed by atoms with Gasteiger partial charge in [0, 0.05) is 7.05 Å². The molecule has 0 saturated carbocycles. The Balaban J connectivity index is 2.74. The maximum atomic E-state index is 11.2. The van der Waals surface area contributed by atoms with Gasteiger partial charge in [-0.05, 0) is 0 Å². The molecular weight excluding hydrogens is 159 g/mol. The molecule has 6 heteroatoms. The highest BCUT2D eigenvalue weighted by Gasteiger charge is 2.41. The zero-order chi connectivity index (χ0) is 9.03. The second-order valence-corrected chi connectivity index (χ2v) is 2.49. The van der Waals surface area contributed by atoms with Crippen LogP contribution in [0.5, 0.6) is 0 Å². The smallest absolute Gasteiger partial charge is 0.411 e. The first-order valence-corrected chi connectivity index (χ1v) is 3.43. The lowest BCUT2D eigenvalue weighted by molar-refractivity contribution is -0.132. The second kappa shape index (κ2) is 3.56. The van der Waals surface area contributed by atoms with Crippen molar-refractivity contribution in [3.63, 3.8) is 0 Å². The van der Waals surface area contributed by atoms with Crippen molar-refractivity contribution in [3.8, 4) is 6.07 Å². The van der Waals surface area contributed by atoms with Crippen LogP contribution >= 0.6 is 0 Å². The van der Waals surface area contributed by atoms with Crippen LogP contribution in [0.4, 0.5) is 0 Å². The van der Waals surface area contributed by atoms with Crippen molar-refractivity contribution in [2.24, 2.45) is 5.41 Å². The Kier molecular flexibility index (Phi) is 2.68. The molecule has 1 radical (unpaired) electrons. The zero-order valence-corrected chi connectivity index (χ0v) is 6.66. The van der Waals surface area contributed by atoms with Gasteiger partial charge in [-0.25, -0.2) is 0 Å². The molecule has 0 atom stereocenters. The molecule has 0 aliphatic carbocycles. The summed E-state index contributed by atoms with van der Waals surface area (Å²) >= 11 is 0. The van der Waals surface area contributed by atoms with Crippen LogP contribution in [-0.4, -0.2) is 33.9 Å². The molecule has 0 aromatic carbocycles. The predicted octanol–water partition coefficient (Wildman–Crippen LogP) is -1.18. The molecule has 0 spiro atoms. The van der Waals surface area contributed by atoms with Crippen molar-refractivity contribution in [1.29, 1.82) is 5.26 Å². The second-order valence-electron chi connectivity index (χ2n) is 2.49. The number of rotatable bonds is 1. The van der Waals surface area contributed by atoms with Crippen LogP contribution in [0, 0.1) is 16.7 Å². The number of hydrogen-bond donors (Lipinski definition) is 1. The minimum absolute atomic E-state index is 0.0448. The number of nitriles is 1. The summed E-state index contributed by atoms with van der Waals surface area (Å²) in [4.78, 5) is 11.2. The first kappa shape index (κ1) is 9.04. The Morgan fingerprint density at radius 3 is 2.67 bits per heavy atom. The van der Waals surface area contributed by atoms with E-state index in [4.69, 9.17) is 14.6 Å². The Morgan fingerprint density at radius 1 is 1.67 bits per heavy atom. The Bertz CT molecular complexity index is 219. The number of hydrogen-bond acceptors (Lipinski definition) is 4. The molecule has 0 aromatic heterocycles. The Hall–Kier alpha value is -1.06. The van der Waals surface area contributed by atoms with Crippen LogP contribution in [0.15, 0.2) is 0 Å². The fraction of sp³-hybridized carbons (Fsp3) is 0.667. The first-order chi connectivity index (χ1) is 5.75. The molecule has 1 aliphatic rings. The van der Waals surface area contributed by atoms with Gasteiger partial charge in [0.15, 0.2) is 5.41 Å². The lowest BCUT2D eigenvalue weighted by Crippen LogP contribution is -2.48. The van der Waals surface area contributed by atoms with Crippen LogP contribution in [-0.2, 0) is 14.1 Å². The average molecular weight is 167 g/mol. The fourth-order valence-electron chi connectivity index (χ4n) is 0.928. The number of amides is 1. The molecule has 1 fully saturated rings. The Labute approximate surface area is 70.9 Å². The average Bonchev–Trinajstić information content (AvgIpc) is 2.17. The SMILES string of the molecule is CNC(=O)C1(C#N)CO[B]OC1. The molecule has 1 rings (SSSR count). The quantitative estimate of drug-likeness (QED) is 0.499. The van der Waals surface area contributed by atoms with Crippen molar-refractivity contribution in [1.82, 2.24) is 5.32 Å². The van der Waals surface area contributed by atoms with Crippen LogP contribution < -0.4 is 5.32 Å². The van der Waals surface area contributed by atoms with Gasteiger partial charge in [0.25, 0.3) is 0 Å². The molecule has 0 aromatic rings. The standard InChI is InChI=1S/C6H8BN2O3/c1-9-5(10)6(2-8)3-11-7-12-4-6/h3-4H2,1H3,(H,9,10). The molecule has 5 nitrogen and oxygen atoms in total. The van der Waals surface area contributed by atoms with E-state index in [0.717, 1.165) is 7.69 Å². The molecule has 12 heavy (non-hydrogen) atoms. The highest BCUT2D eigenvalue weighted by atomic mass is 16.6. The van der Waals surface area contributed by atoms with Gasteiger partial charge in [-0.2, -0.15) is 5.26 Å². The van der Waals surface area contributed by atoms with Gasteiger partial charge in [0.05, 0.1) is 19.3 Å². The van der Waals surface area contributed by atoms with Crippen molar-refractivity contribution in [2.45, 2.75) is 0 Å². The summed E-state index contributed by atoms with van der Waals surface area (Å²) in [6.07, 6.45) is 0. The molecule has 1 saturated heterocycles. The monoisotopic (exact) mass is 167 g/mol. The van der Waals surface area contributed by atoms with Gasteiger partial charge in [-0.1, -0.05) is 0 Å². The topological polar surface area (TPSA) is 71.4 Å². The van der Waals surface area contributed by atoms with Crippen molar-refractivity contribution >= 4 is 13.6 Å². The molecular formula is C6H8BN2O3. The molecule has 0 unspecified atom stereocenters. The van der Waals surface area contributed by atoms with Crippen molar-refractivity contribution in [2.75, 3.05) is 20.3 Å². The molecule has 1 amide bonds. The lowest BCUT2D eigenvalue weighted by Gasteiger charge is -2.27. The van der Waals surface area contributed by atoms with E-state index in [1.165, 1.54) is 7.05 Å². The van der Waals surface area contributed by atoms with E-state index in [-0.39, 0.29) is 19.1 Å². The highest BCUT2D eigenvalue weighted by Crippen LogP contribution is 2.20. The van der Waals surface area contributed by atoms with E-state index < -0.39 is 5.41 Å². The van der Waals surface area contributed by atoms with E-state index in [2.05, 4.69) is 5.32 Å². The van der Waals surface area contributed by atoms with Gasteiger partial charge in [-0.3, -0.25) is 4.79 Å². The minimum atomic E-state index is -1.19. The van der Waals surface area contributed by atoms with E-state index in [1.54, 1.807) is 0 Å². The van der Waals surface area contributed by atoms with Gasteiger partial charge in [-0.15, -0.1) is 0 Å². The van der Waals surface area contributed by atoms with E-state index in [9.17, 15) is 4.79 Å². The van der Waals surface area contributed by atoms with Gasteiger partial charge in [0.1, 0.15) is 0 Å². The van der Waals surface area contributed by atoms with Gasteiger partial charge < -0.3 is 14.6 Å².